The van der Waals surface area contributed by atoms with E-state index >= 15 is 0 Å². The normalized spacial score (nSPS) is 12.8. The summed E-state index contributed by atoms with van der Waals surface area (Å²) >= 11 is 12.4. The Morgan fingerprint density at radius 2 is 1.82 bits per heavy atom. The number of benzene rings is 2. The quantitative estimate of drug-likeness (QED) is 0.321. The van der Waals surface area contributed by atoms with Crippen molar-refractivity contribution in [3.8, 4) is 0 Å². The summed E-state index contributed by atoms with van der Waals surface area (Å²) in [5.41, 5.74) is -0.582. The molecule has 0 amide bonds. The van der Waals surface area contributed by atoms with Crippen LogP contribution in [0.2, 0.25) is 10.0 Å². The highest BCUT2D eigenvalue weighted by atomic mass is 35.5. The second-order valence-electron chi connectivity index (χ2n) is 5.66. The molecule has 1 atom stereocenters. The molecule has 0 saturated heterocycles. The van der Waals surface area contributed by atoms with E-state index in [4.69, 9.17) is 27.9 Å². The van der Waals surface area contributed by atoms with Gasteiger partial charge in [0, 0.05) is 11.3 Å². The molecule has 0 spiro atoms. The summed E-state index contributed by atoms with van der Waals surface area (Å²) in [6.07, 6.45) is 0.0652. The number of anilines is 2. The number of aliphatic carboxylic acids is 1. The number of carboxylic acids is 1. The molecule has 150 valence electrons. The Kier molecular flexibility index (Phi) is 7.45. The van der Waals surface area contributed by atoms with E-state index in [1.165, 1.54) is 0 Å². The zero-order chi connectivity index (χ0) is 20.7. The molecule has 2 N–H and O–H groups in total. The van der Waals surface area contributed by atoms with Gasteiger partial charge in [-0.2, -0.15) is 0 Å². The van der Waals surface area contributed by atoms with Crippen LogP contribution in [0.1, 0.15) is 18.9 Å². The molecule has 2 aromatic carbocycles. The minimum atomic E-state index is -1.75. The van der Waals surface area contributed by atoms with Gasteiger partial charge in [-0.15, -0.1) is 10.1 Å². The van der Waals surface area contributed by atoms with Crippen molar-refractivity contribution in [3.63, 3.8) is 0 Å². The minimum Gasteiger partial charge on any atom is -0.479 e. The van der Waals surface area contributed by atoms with Crippen molar-refractivity contribution in [1.82, 2.24) is 0 Å². The van der Waals surface area contributed by atoms with Crippen molar-refractivity contribution in [2.75, 3.05) is 18.5 Å². The molecule has 0 aliphatic heterocycles. The monoisotopic (exact) mass is 428 g/mol. The van der Waals surface area contributed by atoms with Gasteiger partial charge < -0.3 is 20.0 Å². The largest absolute Gasteiger partial charge is 0.479 e. The lowest BCUT2D eigenvalue weighted by atomic mass is 9.89. The molecular formula is C18H18Cl2N2O6. The molecule has 8 nitrogen and oxygen atoms in total. The van der Waals surface area contributed by atoms with Gasteiger partial charge in [0.25, 0.3) is 5.09 Å². The van der Waals surface area contributed by atoms with Gasteiger partial charge in [-0.1, -0.05) is 54.4 Å². The second kappa shape index (κ2) is 9.59. The van der Waals surface area contributed by atoms with Crippen molar-refractivity contribution < 1.29 is 24.6 Å². The summed E-state index contributed by atoms with van der Waals surface area (Å²) in [6, 6.07) is 11.6. The molecule has 0 fully saturated rings. The molecule has 0 aromatic heterocycles. The third-order valence-electron chi connectivity index (χ3n) is 4.06. The molecule has 10 heteroatoms. The van der Waals surface area contributed by atoms with E-state index in [1.807, 2.05) is 0 Å². The molecule has 0 saturated carbocycles. The van der Waals surface area contributed by atoms with Crippen LogP contribution in [0, 0.1) is 10.1 Å². The lowest BCUT2D eigenvalue weighted by Crippen LogP contribution is -2.39. The fraction of sp³-hybridized carbons (Fsp3) is 0.278. The SMILES string of the molecule is CCC(OCCO[N+](=O)[O-])(C(=O)O)c1ccccc1Nc1c(Cl)cccc1Cl. The highest BCUT2D eigenvalue weighted by Gasteiger charge is 2.42. The van der Waals surface area contributed by atoms with Crippen molar-refractivity contribution in [2.24, 2.45) is 0 Å². The smallest absolute Gasteiger partial charge is 0.340 e. The van der Waals surface area contributed by atoms with E-state index in [0.29, 0.717) is 27.0 Å². The van der Waals surface area contributed by atoms with Crippen LogP contribution in [0.25, 0.3) is 0 Å². The Morgan fingerprint density at radius 3 is 2.39 bits per heavy atom. The number of ether oxygens (including phenoxy) is 1. The maximum atomic E-state index is 12.1. The lowest BCUT2D eigenvalue weighted by molar-refractivity contribution is -0.758. The first-order chi connectivity index (χ1) is 13.3. The van der Waals surface area contributed by atoms with Crippen LogP contribution in [-0.4, -0.2) is 29.4 Å². The van der Waals surface area contributed by atoms with Gasteiger partial charge in [-0.25, -0.2) is 4.79 Å². The van der Waals surface area contributed by atoms with Crippen molar-refractivity contribution in [3.05, 3.63) is 68.2 Å². The average Bonchev–Trinajstić information content (AvgIpc) is 2.65. The van der Waals surface area contributed by atoms with E-state index < -0.39 is 23.3 Å². The van der Waals surface area contributed by atoms with Crippen molar-refractivity contribution >= 4 is 40.5 Å². The van der Waals surface area contributed by atoms with Gasteiger partial charge in [0.15, 0.2) is 5.60 Å². The summed E-state index contributed by atoms with van der Waals surface area (Å²) in [5.74, 6) is -1.24. The van der Waals surface area contributed by atoms with Gasteiger partial charge in [0.1, 0.15) is 6.61 Å². The van der Waals surface area contributed by atoms with E-state index in [2.05, 4.69) is 10.2 Å². The number of para-hydroxylation sites is 2. The summed E-state index contributed by atoms with van der Waals surface area (Å²) in [7, 11) is 0. The molecule has 0 radical (unpaired) electrons. The Labute approximate surface area is 171 Å². The van der Waals surface area contributed by atoms with Crippen LogP contribution in [0.4, 0.5) is 11.4 Å². The van der Waals surface area contributed by atoms with Gasteiger partial charge >= 0.3 is 5.97 Å². The molecule has 0 heterocycles. The Balaban J connectivity index is 2.41. The number of hydrogen-bond donors (Lipinski definition) is 2. The fourth-order valence-corrected chi connectivity index (χ4v) is 3.21. The molecule has 0 bridgehead atoms. The second-order valence-corrected chi connectivity index (χ2v) is 6.47. The molecule has 0 aliphatic rings. The number of carbonyl (C=O) groups is 1. The van der Waals surface area contributed by atoms with Gasteiger partial charge in [-0.05, 0) is 24.6 Å². The zero-order valence-corrected chi connectivity index (χ0v) is 16.4. The van der Waals surface area contributed by atoms with E-state index in [0.717, 1.165) is 0 Å². The number of hydrogen-bond acceptors (Lipinski definition) is 6. The van der Waals surface area contributed by atoms with Crippen LogP contribution in [-0.2, 0) is 20.0 Å². The van der Waals surface area contributed by atoms with Crippen LogP contribution in [0.3, 0.4) is 0 Å². The number of halogens is 2. The molecule has 0 aliphatic carbocycles. The predicted octanol–water partition coefficient (Wildman–Crippen LogP) is 4.65. The van der Waals surface area contributed by atoms with E-state index in [1.54, 1.807) is 49.4 Å². The number of carboxylic acid groups (broad SMARTS) is 1. The van der Waals surface area contributed by atoms with Crippen LogP contribution < -0.4 is 5.32 Å². The Hall–Kier alpha value is -2.55. The van der Waals surface area contributed by atoms with Gasteiger partial charge in [0.05, 0.1) is 22.3 Å². The molecule has 2 aromatic rings. The third kappa shape index (κ3) is 4.83. The summed E-state index contributed by atoms with van der Waals surface area (Å²) in [5, 5.41) is 23.0. The standard InChI is InChI=1S/C18H18Cl2N2O6/c1-2-18(17(23)24,27-10-11-28-22(25)26)12-6-3-4-9-15(12)21-16-13(19)7-5-8-14(16)20/h3-9,21H,2,10-11H2,1H3,(H,23,24). The zero-order valence-electron chi connectivity index (χ0n) is 14.9. The molecule has 2 rings (SSSR count). The summed E-state index contributed by atoms with van der Waals surface area (Å²) in [4.78, 5) is 26.6. The fourth-order valence-electron chi connectivity index (χ4n) is 2.72. The Bertz CT molecular complexity index is 843. The van der Waals surface area contributed by atoms with Crippen LogP contribution >= 0.6 is 23.2 Å². The number of nitrogens with one attached hydrogen (secondary N) is 1. The topological polar surface area (TPSA) is 111 Å². The van der Waals surface area contributed by atoms with E-state index in [-0.39, 0.29) is 13.0 Å². The maximum Gasteiger partial charge on any atom is 0.340 e. The summed E-state index contributed by atoms with van der Waals surface area (Å²) in [6.45, 7) is 0.956. The number of nitrogens with zero attached hydrogens (tertiary/aromatic N) is 1. The minimum absolute atomic E-state index is 0.0652. The molecule has 28 heavy (non-hydrogen) atoms. The highest BCUT2D eigenvalue weighted by Crippen LogP contribution is 2.39. The third-order valence-corrected chi connectivity index (χ3v) is 4.69. The molecule has 1 unspecified atom stereocenters. The highest BCUT2D eigenvalue weighted by molar-refractivity contribution is 6.39. The van der Waals surface area contributed by atoms with Gasteiger partial charge in [0.2, 0.25) is 0 Å². The average molecular weight is 429 g/mol. The van der Waals surface area contributed by atoms with E-state index in [9.17, 15) is 20.0 Å². The summed E-state index contributed by atoms with van der Waals surface area (Å²) < 4.78 is 5.58. The first-order valence-corrected chi connectivity index (χ1v) is 9.02. The number of rotatable bonds is 10. The van der Waals surface area contributed by atoms with Crippen molar-refractivity contribution in [2.45, 2.75) is 18.9 Å². The lowest BCUT2D eigenvalue weighted by Gasteiger charge is -2.31. The Morgan fingerprint density at radius 1 is 1.18 bits per heavy atom. The molecular weight excluding hydrogens is 411 g/mol. The van der Waals surface area contributed by atoms with Crippen LogP contribution in [0.5, 0.6) is 0 Å². The van der Waals surface area contributed by atoms with Crippen LogP contribution in [0.15, 0.2) is 42.5 Å². The maximum absolute atomic E-state index is 12.1. The first kappa shape index (κ1) is 21.7. The van der Waals surface area contributed by atoms with Crippen molar-refractivity contribution in [1.29, 1.82) is 0 Å². The first-order valence-electron chi connectivity index (χ1n) is 8.27. The predicted molar refractivity (Wildman–Crippen MR) is 105 cm³/mol. The van der Waals surface area contributed by atoms with Gasteiger partial charge in [-0.3, -0.25) is 0 Å².